The van der Waals surface area contributed by atoms with Crippen LogP contribution in [-0.4, -0.2) is 70.7 Å². The molecule has 0 N–H and O–H groups in total. The zero-order chi connectivity index (χ0) is 49.0. The van der Waals surface area contributed by atoms with Crippen molar-refractivity contribution >= 4 is 13.8 Å². The van der Waals surface area contributed by atoms with Crippen LogP contribution in [0.1, 0.15) is 206 Å². The number of carbonyl (C=O) groups is 1. The highest BCUT2D eigenvalue weighted by Crippen LogP contribution is 2.38. The second-order valence-corrected chi connectivity index (χ2v) is 20.3. The highest BCUT2D eigenvalue weighted by Gasteiger charge is 2.20. The van der Waals surface area contributed by atoms with Crippen molar-refractivity contribution in [2.45, 2.75) is 213 Å². The Bertz CT molecular complexity index is 1390. The molecule has 386 valence electrons. The predicted octanol–water partition coefficient (Wildman–Crippen LogP) is 16.3. The minimum Gasteiger partial charge on any atom is -0.756 e. The van der Waals surface area contributed by atoms with Gasteiger partial charge in [-0.05, 0) is 96.3 Å². The second-order valence-electron chi connectivity index (χ2n) is 18.9. The zero-order valence-electron chi connectivity index (χ0n) is 43.8. The number of rotatable bonds is 49. The Morgan fingerprint density at radius 1 is 0.478 bits per heavy atom. The van der Waals surface area contributed by atoms with Gasteiger partial charge in [0, 0.05) is 13.0 Å². The van der Waals surface area contributed by atoms with E-state index in [1.54, 1.807) is 0 Å². The number of unbranched alkanes of at least 4 members (excludes halogenated alkanes) is 19. The van der Waals surface area contributed by atoms with Gasteiger partial charge in [0.05, 0.1) is 34.4 Å². The Morgan fingerprint density at radius 2 is 0.866 bits per heavy atom. The van der Waals surface area contributed by atoms with E-state index in [4.69, 9.17) is 18.5 Å². The van der Waals surface area contributed by atoms with Crippen molar-refractivity contribution in [2.24, 2.45) is 0 Å². The van der Waals surface area contributed by atoms with Gasteiger partial charge in [-0.2, -0.15) is 0 Å². The predicted molar refractivity (Wildman–Crippen MR) is 286 cm³/mol. The number of nitrogens with zero attached hydrogens (tertiary/aromatic N) is 1. The summed E-state index contributed by atoms with van der Waals surface area (Å²) in [6.45, 7) is 5.24. The topological polar surface area (TPSA) is 94.1 Å². The summed E-state index contributed by atoms with van der Waals surface area (Å²) in [6.07, 6.45) is 68.6. The van der Waals surface area contributed by atoms with Gasteiger partial charge in [0.25, 0.3) is 7.82 Å². The van der Waals surface area contributed by atoms with E-state index >= 15 is 0 Å². The molecule has 0 radical (unpaired) electrons. The van der Waals surface area contributed by atoms with E-state index in [0.29, 0.717) is 17.6 Å². The summed E-state index contributed by atoms with van der Waals surface area (Å²) >= 11 is 0. The summed E-state index contributed by atoms with van der Waals surface area (Å²) in [6, 6.07) is 0. The molecule has 0 aromatic carbocycles. The molecular weight excluding hydrogens is 854 g/mol. The third-order valence-corrected chi connectivity index (χ3v) is 12.1. The molecule has 0 aliphatic heterocycles. The molecule has 0 rings (SSSR count). The van der Waals surface area contributed by atoms with Crippen molar-refractivity contribution in [3.05, 3.63) is 97.2 Å². The van der Waals surface area contributed by atoms with E-state index in [2.05, 4.69) is 111 Å². The lowest BCUT2D eigenvalue weighted by atomic mass is 10.1. The first-order chi connectivity index (χ1) is 32.6. The summed E-state index contributed by atoms with van der Waals surface area (Å²) in [5, 5.41) is 0. The molecule has 0 amide bonds. The van der Waals surface area contributed by atoms with Crippen LogP contribution < -0.4 is 4.89 Å². The van der Waals surface area contributed by atoms with E-state index in [1.807, 2.05) is 21.1 Å². The van der Waals surface area contributed by atoms with Gasteiger partial charge in [0.15, 0.2) is 0 Å². The average molecular weight is 956 g/mol. The van der Waals surface area contributed by atoms with Crippen LogP contribution in [0, 0.1) is 0 Å². The average Bonchev–Trinajstić information content (AvgIpc) is 3.29. The molecule has 0 saturated carbocycles. The van der Waals surface area contributed by atoms with Gasteiger partial charge in [0.2, 0.25) is 0 Å². The molecule has 0 bridgehead atoms. The lowest BCUT2D eigenvalue weighted by Crippen LogP contribution is -2.37. The molecule has 0 heterocycles. The second kappa shape index (κ2) is 49.8. The largest absolute Gasteiger partial charge is 0.756 e. The Labute approximate surface area is 413 Å². The summed E-state index contributed by atoms with van der Waals surface area (Å²) < 4.78 is 34.8. The Balaban J connectivity index is 4.20. The first kappa shape index (κ1) is 64.4. The molecule has 2 atom stereocenters. The van der Waals surface area contributed by atoms with Crippen molar-refractivity contribution in [1.82, 2.24) is 0 Å². The highest BCUT2D eigenvalue weighted by molar-refractivity contribution is 7.45. The maximum Gasteiger partial charge on any atom is 0.306 e. The first-order valence-corrected chi connectivity index (χ1v) is 28.4. The van der Waals surface area contributed by atoms with Crippen LogP contribution in [0.25, 0.3) is 0 Å². The molecule has 0 aliphatic rings. The normalized spacial score (nSPS) is 14.3. The molecule has 67 heavy (non-hydrogen) atoms. The van der Waals surface area contributed by atoms with Crippen LogP contribution in [0.3, 0.4) is 0 Å². The van der Waals surface area contributed by atoms with Gasteiger partial charge in [-0.15, -0.1) is 0 Å². The molecule has 0 aromatic rings. The fourth-order valence-corrected chi connectivity index (χ4v) is 7.72. The molecular formula is C58H102NO7P. The van der Waals surface area contributed by atoms with Crippen LogP contribution in [0.15, 0.2) is 97.2 Å². The van der Waals surface area contributed by atoms with Crippen molar-refractivity contribution in [2.75, 3.05) is 54.1 Å². The monoisotopic (exact) mass is 956 g/mol. The highest BCUT2D eigenvalue weighted by atomic mass is 31.2. The van der Waals surface area contributed by atoms with E-state index in [-0.39, 0.29) is 32.2 Å². The number of phosphoric ester groups is 1. The van der Waals surface area contributed by atoms with Crippen molar-refractivity contribution < 1.29 is 37.3 Å². The number of allylic oxidation sites excluding steroid dienone is 16. The smallest absolute Gasteiger partial charge is 0.306 e. The number of esters is 1. The van der Waals surface area contributed by atoms with Gasteiger partial charge < -0.3 is 27.9 Å². The van der Waals surface area contributed by atoms with Crippen LogP contribution in [0.4, 0.5) is 0 Å². The maximum atomic E-state index is 12.8. The number of hydrogen-bond acceptors (Lipinski definition) is 7. The van der Waals surface area contributed by atoms with Gasteiger partial charge >= 0.3 is 5.97 Å². The summed E-state index contributed by atoms with van der Waals surface area (Å²) in [4.78, 5) is 25.2. The van der Waals surface area contributed by atoms with E-state index in [9.17, 15) is 14.3 Å². The molecule has 8 nitrogen and oxygen atoms in total. The minimum atomic E-state index is -4.55. The number of hydrogen-bond donors (Lipinski definition) is 0. The van der Waals surface area contributed by atoms with Crippen molar-refractivity contribution in [3.63, 3.8) is 0 Å². The summed E-state index contributed by atoms with van der Waals surface area (Å²) in [7, 11) is 1.32. The van der Waals surface area contributed by atoms with Gasteiger partial charge in [-0.25, -0.2) is 0 Å². The number of ether oxygens (including phenoxy) is 2. The van der Waals surface area contributed by atoms with Gasteiger partial charge in [-0.1, -0.05) is 201 Å². The molecule has 9 heteroatoms. The fraction of sp³-hybridized carbons (Fsp3) is 0.707. The van der Waals surface area contributed by atoms with Crippen LogP contribution in [0.2, 0.25) is 0 Å². The third-order valence-electron chi connectivity index (χ3n) is 11.1. The molecule has 0 fully saturated rings. The first-order valence-electron chi connectivity index (χ1n) is 27.0. The van der Waals surface area contributed by atoms with Crippen molar-refractivity contribution in [3.8, 4) is 0 Å². The van der Waals surface area contributed by atoms with Crippen molar-refractivity contribution in [1.29, 1.82) is 0 Å². The molecule has 0 saturated heterocycles. The lowest BCUT2D eigenvalue weighted by molar-refractivity contribution is -0.870. The minimum absolute atomic E-state index is 0.0153. The molecule has 0 spiro atoms. The van der Waals surface area contributed by atoms with Gasteiger partial charge in [-0.3, -0.25) is 9.36 Å². The van der Waals surface area contributed by atoms with Crippen LogP contribution in [0.5, 0.6) is 0 Å². The standard InChI is InChI=1S/C58H102NO7P/c1-6-8-10-12-14-16-18-20-22-24-26-28-29-30-32-34-36-38-40-42-44-46-48-50-53-63-55-57(56-65-67(61,62)64-54-52-59(3,4)5)66-58(60)51-49-47-45-43-41-39-37-35-33-31-27-25-23-21-19-17-15-13-11-9-7-2/h9,11,15,17-18,20-21,23-24,26-27,29-31,35,37,57H,6-8,10,12-14,16,19,22,25,28,32-34,36,38-56H2,1-5H3/b11-9-,17-15-,20-18-,23-21-,26-24-,30-29-,31-27-,37-35-. The number of carbonyl (C=O) groups excluding carboxylic acids is 1. The SMILES string of the molecule is CC/C=C\C/C=C\C/C=C\C/C=C\C/C=C\CCCCCCCC(=O)OC(COCCCCCCCCCCC/C=C\C/C=C\C/C=C\CCCCCCC)COP(=O)([O-])OCC[N+](C)(C)C. The van der Waals surface area contributed by atoms with E-state index < -0.39 is 13.9 Å². The molecule has 0 aliphatic carbocycles. The van der Waals surface area contributed by atoms with E-state index in [0.717, 1.165) is 96.3 Å². The quantitative estimate of drug-likeness (QED) is 0.0197. The fourth-order valence-electron chi connectivity index (χ4n) is 6.99. The Kier molecular flexibility index (Phi) is 47.9. The van der Waals surface area contributed by atoms with E-state index in [1.165, 1.54) is 89.9 Å². The number of quaternary nitrogens is 1. The Hall–Kier alpha value is -2.58. The maximum absolute atomic E-state index is 12.8. The lowest BCUT2D eigenvalue weighted by Gasteiger charge is -2.28. The van der Waals surface area contributed by atoms with Gasteiger partial charge in [0.1, 0.15) is 19.3 Å². The summed E-state index contributed by atoms with van der Waals surface area (Å²) in [5.41, 5.74) is 0. The third kappa shape index (κ3) is 54.2. The number of phosphoric acid groups is 1. The summed E-state index contributed by atoms with van der Waals surface area (Å²) in [5.74, 6) is -0.357. The zero-order valence-corrected chi connectivity index (χ0v) is 44.7. The Morgan fingerprint density at radius 3 is 1.30 bits per heavy atom. The molecule has 2 unspecified atom stereocenters. The van der Waals surface area contributed by atoms with Crippen LogP contribution in [-0.2, 0) is 27.9 Å². The molecule has 0 aromatic heterocycles. The van der Waals surface area contributed by atoms with Crippen LogP contribution >= 0.6 is 7.82 Å². The number of likely N-dealkylation sites (N-methyl/N-ethyl adjacent to an activating group) is 1.